The van der Waals surface area contributed by atoms with E-state index in [0.717, 1.165) is 0 Å². The molecule has 0 spiro atoms. The smallest absolute Gasteiger partial charge is 0.148 e. The van der Waals surface area contributed by atoms with E-state index in [0.29, 0.717) is 13.2 Å². The topological polar surface area (TPSA) is 18.5 Å². The van der Waals surface area contributed by atoms with Crippen molar-refractivity contribution in [2.75, 3.05) is 13.2 Å². The summed E-state index contributed by atoms with van der Waals surface area (Å²) in [5, 5.41) is -0.233. The molecule has 0 radical (unpaired) electrons. The molecular weight excluding hydrogens is 336 g/mol. The minimum atomic E-state index is -0.117. The molecule has 0 aliphatic heterocycles. The van der Waals surface area contributed by atoms with Gasteiger partial charge in [-0.1, -0.05) is 73.4 Å². The quantitative estimate of drug-likeness (QED) is 0.670. The van der Waals surface area contributed by atoms with Crippen molar-refractivity contribution >= 4 is 31.9 Å². The number of hydrogen-bond acceptors (Lipinski definition) is 2. The summed E-state index contributed by atoms with van der Waals surface area (Å²) in [5.41, 5.74) is 0.339. The maximum absolute atomic E-state index is 5.68. The Morgan fingerprint density at radius 3 is 1.19 bits per heavy atom. The number of alkyl halides is 2. The van der Waals surface area contributed by atoms with Crippen LogP contribution in [0.15, 0.2) is 0 Å². The summed E-state index contributed by atoms with van der Waals surface area (Å²) in [7, 11) is 0. The lowest BCUT2D eigenvalue weighted by atomic mass is 9.99. The van der Waals surface area contributed by atoms with Crippen molar-refractivity contribution in [3.05, 3.63) is 0 Å². The third-order valence-electron chi connectivity index (χ3n) is 1.56. The Labute approximate surface area is 117 Å². The highest BCUT2D eigenvalue weighted by Gasteiger charge is 2.22. The normalized spacial score (nSPS) is 17.2. The molecular formula is C12H24Br2O2. The second kappa shape index (κ2) is 6.72. The Bertz CT molecular complexity index is 172. The first-order valence-electron chi connectivity index (χ1n) is 5.53. The van der Waals surface area contributed by atoms with Crippen LogP contribution >= 0.6 is 31.9 Å². The summed E-state index contributed by atoms with van der Waals surface area (Å²) in [4.78, 5) is 0. The van der Waals surface area contributed by atoms with Crippen molar-refractivity contribution in [2.24, 2.45) is 10.8 Å². The summed E-state index contributed by atoms with van der Waals surface area (Å²) in [6.07, 6.45) is 0. The summed E-state index contributed by atoms with van der Waals surface area (Å²) in [6, 6.07) is 0. The van der Waals surface area contributed by atoms with Gasteiger partial charge in [0.1, 0.15) is 10.0 Å². The lowest BCUT2D eigenvalue weighted by Crippen LogP contribution is -2.28. The molecule has 0 aromatic carbocycles. The van der Waals surface area contributed by atoms with Crippen molar-refractivity contribution < 1.29 is 9.47 Å². The first-order valence-corrected chi connectivity index (χ1v) is 7.36. The lowest BCUT2D eigenvalue weighted by molar-refractivity contribution is -0.0243. The monoisotopic (exact) mass is 358 g/mol. The number of halogens is 2. The molecule has 4 heteroatoms. The fourth-order valence-electron chi connectivity index (χ4n) is 0.811. The highest BCUT2D eigenvalue weighted by Crippen LogP contribution is 2.24. The van der Waals surface area contributed by atoms with Crippen LogP contribution in [0.1, 0.15) is 41.5 Å². The van der Waals surface area contributed by atoms with E-state index >= 15 is 0 Å². The predicted octanol–water partition coefficient (Wildman–Crippen LogP) is 4.55. The minimum absolute atomic E-state index is 0.117. The lowest BCUT2D eigenvalue weighted by Gasteiger charge is -2.26. The van der Waals surface area contributed by atoms with Gasteiger partial charge in [-0.15, -0.1) is 0 Å². The Morgan fingerprint density at radius 1 is 0.750 bits per heavy atom. The SMILES string of the molecule is CC(C)(C)CO[C@@H](Br)[C@@H](Br)OCC(C)(C)C. The summed E-state index contributed by atoms with van der Waals surface area (Å²) in [6.45, 7) is 14.3. The maximum atomic E-state index is 5.68. The zero-order chi connectivity index (χ0) is 13.0. The third-order valence-corrected chi connectivity index (χ3v) is 3.76. The molecule has 0 aliphatic carbocycles. The van der Waals surface area contributed by atoms with Gasteiger partial charge in [0.15, 0.2) is 0 Å². The fraction of sp³-hybridized carbons (Fsp3) is 1.00. The van der Waals surface area contributed by atoms with Gasteiger partial charge < -0.3 is 9.47 Å². The molecule has 2 nitrogen and oxygen atoms in total. The molecule has 98 valence electrons. The highest BCUT2D eigenvalue weighted by atomic mass is 79.9. The molecule has 16 heavy (non-hydrogen) atoms. The molecule has 0 unspecified atom stereocenters. The number of rotatable bonds is 5. The van der Waals surface area contributed by atoms with Crippen LogP contribution in [0, 0.1) is 10.8 Å². The van der Waals surface area contributed by atoms with E-state index in [1.54, 1.807) is 0 Å². The number of hydrogen-bond donors (Lipinski definition) is 0. The van der Waals surface area contributed by atoms with Gasteiger partial charge in [-0.3, -0.25) is 0 Å². The molecule has 0 aliphatic rings. The van der Waals surface area contributed by atoms with E-state index in [-0.39, 0.29) is 20.9 Å². The van der Waals surface area contributed by atoms with Crippen LogP contribution in [0.4, 0.5) is 0 Å². The number of ether oxygens (including phenoxy) is 2. The van der Waals surface area contributed by atoms with Gasteiger partial charge in [0.2, 0.25) is 0 Å². The molecule has 0 rings (SSSR count). The van der Waals surface area contributed by atoms with Crippen LogP contribution in [0.2, 0.25) is 0 Å². The van der Waals surface area contributed by atoms with Gasteiger partial charge in [-0.05, 0) is 10.8 Å². The second-order valence-electron chi connectivity index (χ2n) is 6.45. The van der Waals surface area contributed by atoms with Gasteiger partial charge in [-0.25, -0.2) is 0 Å². The second-order valence-corrected chi connectivity index (χ2v) is 8.25. The van der Waals surface area contributed by atoms with Gasteiger partial charge in [0.25, 0.3) is 0 Å². The molecule has 2 atom stereocenters. The molecule has 0 amide bonds. The fourth-order valence-corrected chi connectivity index (χ4v) is 1.38. The van der Waals surface area contributed by atoms with Gasteiger partial charge >= 0.3 is 0 Å². The molecule has 0 bridgehead atoms. The summed E-state index contributed by atoms with van der Waals surface area (Å²) < 4.78 is 11.4. The molecule has 0 heterocycles. The van der Waals surface area contributed by atoms with Crippen LogP contribution in [-0.2, 0) is 9.47 Å². The Kier molecular flexibility index (Phi) is 7.09. The van der Waals surface area contributed by atoms with E-state index in [2.05, 4.69) is 73.4 Å². The van der Waals surface area contributed by atoms with Crippen molar-refractivity contribution in [3.8, 4) is 0 Å². The Morgan fingerprint density at radius 2 is 1.00 bits per heavy atom. The van der Waals surface area contributed by atoms with E-state index in [9.17, 15) is 0 Å². The van der Waals surface area contributed by atoms with Crippen molar-refractivity contribution in [1.82, 2.24) is 0 Å². The molecule has 0 aromatic heterocycles. The summed E-state index contributed by atoms with van der Waals surface area (Å²) in [5.74, 6) is 0. The van der Waals surface area contributed by atoms with Crippen molar-refractivity contribution in [1.29, 1.82) is 0 Å². The van der Waals surface area contributed by atoms with Gasteiger partial charge in [0.05, 0.1) is 13.2 Å². The molecule has 0 N–H and O–H groups in total. The highest BCUT2D eigenvalue weighted by molar-refractivity contribution is 9.12. The minimum Gasteiger partial charge on any atom is -0.363 e. The van der Waals surface area contributed by atoms with E-state index in [1.807, 2.05) is 0 Å². The molecule has 0 aromatic rings. The van der Waals surface area contributed by atoms with E-state index in [1.165, 1.54) is 0 Å². The average molecular weight is 360 g/mol. The van der Waals surface area contributed by atoms with Crippen molar-refractivity contribution in [2.45, 2.75) is 51.6 Å². The van der Waals surface area contributed by atoms with Crippen molar-refractivity contribution in [3.63, 3.8) is 0 Å². The van der Waals surface area contributed by atoms with Gasteiger partial charge in [0, 0.05) is 0 Å². The first-order chi connectivity index (χ1) is 7.01. The molecule has 0 fully saturated rings. The largest absolute Gasteiger partial charge is 0.363 e. The van der Waals surface area contributed by atoms with Crippen LogP contribution in [0.5, 0.6) is 0 Å². The third kappa shape index (κ3) is 10.1. The Hall–Kier alpha value is 0.880. The van der Waals surface area contributed by atoms with Crippen LogP contribution in [0.3, 0.4) is 0 Å². The zero-order valence-electron chi connectivity index (χ0n) is 11.1. The van der Waals surface area contributed by atoms with Crippen LogP contribution in [0.25, 0.3) is 0 Å². The zero-order valence-corrected chi connectivity index (χ0v) is 14.3. The molecule has 0 saturated carbocycles. The summed E-state index contributed by atoms with van der Waals surface area (Å²) >= 11 is 6.94. The maximum Gasteiger partial charge on any atom is 0.148 e. The average Bonchev–Trinajstić information content (AvgIpc) is 2.07. The standard InChI is InChI=1S/C12H24Br2O2/c1-11(2,3)7-15-9(13)10(14)16-8-12(4,5)6/h9-10H,7-8H2,1-6H3/t9-,10+. The van der Waals surface area contributed by atoms with Crippen LogP contribution < -0.4 is 0 Å². The Balaban J connectivity index is 3.86. The van der Waals surface area contributed by atoms with Crippen LogP contribution in [-0.4, -0.2) is 23.2 Å². The van der Waals surface area contributed by atoms with E-state index < -0.39 is 0 Å². The predicted molar refractivity (Wildman–Crippen MR) is 76.2 cm³/mol. The first kappa shape index (κ1) is 16.9. The van der Waals surface area contributed by atoms with Gasteiger partial charge in [-0.2, -0.15) is 0 Å². The molecule has 0 saturated heterocycles. The van der Waals surface area contributed by atoms with E-state index in [4.69, 9.17) is 9.47 Å².